The molecule has 1 aromatic carbocycles. The lowest BCUT2D eigenvalue weighted by Crippen LogP contribution is -2.46. The zero-order valence-electron chi connectivity index (χ0n) is 8.28. The van der Waals surface area contributed by atoms with E-state index >= 15 is 0 Å². The number of carbonyl (C=O) groups is 1. The zero-order valence-corrected chi connectivity index (χ0v) is 8.28. The van der Waals surface area contributed by atoms with Crippen molar-refractivity contribution in [3.05, 3.63) is 29.8 Å². The number of benzene rings is 1. The van der Waals surface area contributed by atoms with E-state index in [0.717, 1.165) is 0 Å². The monoisotopic (exact) mass is 194 g/mol. The molecule has 0 fully saturated rings. The number of methoxy groups -OCH3 is 1. The summed E-state index contributed by atoms with van der Waals surface area (Å²) in [6, 6.07) is 7.05. The highest BCUT2D eigenvalue weighted by atomic mass is 16.5. The van der Waals surface area contributed by atoms with E-state index in [-0.39, 0.29) is 0 Å². The van der Waals surface area contributed by atoms with Crippen molar-refractivity contribution in [3.63, 3.8) is 0 Å². The Labute approximate surface area is 82.8 Å². The topological polar surface area (TPSA) is 78.3 Å². The molecule has 1 aromatic rings. The summed E-state index contributed by atoms with van der Waals surface area (Å²) >= 11 is 0. The molecule has 4 heteroatoms. The van der Waals surface area contributed by atoms with Gasteiger partial charge in [-0.2, -0.15) is 0 Å². The van der Waals surface area contributed by atoms with E-state index in [1.54, 1.807) is 31.2 Å². The summed E-state index contributed by atoms with van der Waals surface area (Å²) in [6.07, 6.45) is 0. The summed E-state index contributed by atoms with van der Waals surface area (Å²) in [5.74, 6) is -0.0155. The minimum atomic E-state index is -1.20. The summed E-state index contributed by atoms with van der Waals surface area (Å²) < 4.78 is 5.09. The number of nitrogens with two attached hydrogens (primary N) is 2. The van der Waals surface area contributed by atoms with Gasteiger partial charge >= 0.3 is 0 Å². The SMILES string of the molecule is COc1ccccc1C(C)(N)C(N)=O. The third kappa shape index (κ3) is 1.70. The smallest absolute Gasteiger partial charge is 0.241 e. The first-order valence-electron chi connectivity index (χ1n) is 4.22. The van der Waals surface area contributed by atoms with E-state index in [0.29, 0.717) is 11.3 Å². The van der Waals surface area contributed by atoms with Gasteiger partial charge in [-0.3, -0.25) is 4.79 Å². The van der Waals surface area contributed by atoms with Crippen LogP contribution in [0.4, 0.5) is 0 Å². The van der Waals surface area contributed by atoms with Crippen LogP contribution in [-0.4, -0.2) is 13.0 Å². The highest BCUT2D eigenvalue weighted by Gasteiger charge is 2.30. The second-order valence-electron chi connectivity index (χ2n) is 3.27. The van der Waals surface area contributed by atoms with Crippen molar-refractivity contribution in [3.8, 4) is 5.75 Å². The second kappa shape index (κ2) is 3.67. The fraction of sp³-hybridized carbons (Fsp3) is 0.300. The average Bonchev–Trinajstić information content (AvgIpc) is 2.17. The fourth-order valence-corrected chi connectivity index (χ4v) is 1.21. The van der Waals surface area contributed by atoms with Gasteiger partial charge in [0.15, 0.2) is 0 Å². The number of amides is 1. The van der Waals surface area contributed by atoms with Crippen LogP contribution in [0.5, 0.6) is 5.75 Å². The maximum atomic E-state index is 11.1. The van der Waals surface area contributed by atoms with E-state index < -0.39 is 11.4 Å². The first-order chi connectivity index (χ1) is 6.50. The van der Waals surface area contributed by atoms with Gasteiger partial charge in [0.1, 0.15) is 11.3 Å². The lowest BCUT2D eigenvalue weighted by Gasteiger charge is -2.23. The molecule has 1 atom stereocenters. The van der Waals surface area contributed by atoms with E-state index in [1.807, 2.05) is 0 Å². The third-order valence-corrected chi connectivity index (χ3v) is 2.18. The van der Waals surface area contributed by atoms with E-state index in [1.165, 1.54) is 7.11 Å². The van der Waals surface area contributed by atoms with Gasteiger partial charge in [0.2, 0.25) is 5.91 Å². The maximum Gasteiger partial charge on any atom is 0.241 e. The molecule has 1 rings (SSSR count). The standard InChI is InChI=1S/C10H14N2O2/c1-10(12,9(11)13)7-5-3-4-6-8(7)14-2/h3-6H,12H2,1-2H3,(H2,11,13). The number of ether oxygens (including phenoxy) is 1. The van der Waals surface area contributed by atoms with Crippen LogP contribution >= 0.6 is 0 Å². The van der Waals surface area contributed by atoms with Gasteiger partial charge in [0, 0.05) is 5.56 Å². The van der Waals surface area contributed by atoms with Crippen LogP contribution in [0, 0.1) is 0 Å². The van der Waals surface area contributed by atoms with Crippen molar-refractivity contribution >= 4 is 5.91 Å². The zero-order chi connectivity index (χ0) is 10.8. The van der Waals surface area contributed by atoms with Gasteiger partial charge in [0.05, 0.1) is 7.11 Å². The summed E-state index contributed by atoms with van der Waals surface area (Å²) in [5.41, 5.74) is 10.4. The molecule has 0 aliphatic rings. The molecule has 4 nitrogen and oxygen atoms in total. The van der Waals surface area contributed by atoms with E-state index in [4.69, 9.17) is 16.2 Å². The van der Waals surface area contributed by atoms with Gasteiger partial charge in [0.25, 0.3) is 0 Å². The van der Waals surface area contributed by atoms with Gasteiger partial charge in [-0.1, -0.05) is 18.2 Å². The summed E-state index contributed by atoms with van der Waals surface area (Å²) in [4.78, 5) is 11.1. The van der Waals surface area contributed by atoms with Crippen molar-refractivity contribution in [1.29, 1.82) is 0 Å². The number of carbonyl (C=O) groups excluding carboxylic acids is 1. The predicted molar refractivity (Wildman–Crippen MR) is 53.7 cm³/mol. The van der Waals surface area contributed by atoms with Gasteiger partial charge < -0.3 is 16.2 Å². The molecule has 0 spiro atoms. The summed E-state index contributed by atoms with van der Waals surface area (Å²) in [6.45, 7) is 1.56. The Hall–Kier alpha value is -1.55. The molecule has 0 saturated carbocycles. The lowest BCUT2D eigenvalue weighted by atomic mass is 9.92. The first-order valence-corrected chi connectivity index (χ1v) is 4.22. The van der Waals surface area contributed by atoms with E-state index in [9.17, 15) is 4.79 Å². The van der Waals surface area contributed by atoms with Gasteiger partial charge in [-0.25, -0.2) is 0 Å². The molecular weight excluding hydrogens is 180 g/mol. The minimum absolute atomic E-state index is 0.566. The van der Waals surface area contributed by atoms with Crippen molar-refractivity contribution in [2.24, 2.45) is 11.5 Å². The highest BCUT2D eigenvalue weighted by Crippen LogP contribution is 2.27. The summed E-state index contributed by atoms with van der Waals surface area (Å²) in [5, 5.41) is 0. The predicted octanol–water partition coefficient (Wildman–Crippen LogP) is 0.354. The third-order valence-electron chi connectivity index (χ3n) is 2.18. The quantitative estimate of drug-likeness (QED) is 0.729. The van der Waals surface area contributed by atoms with Crippen molar-refractivity contribution < 1.29 is 9.53 Å². The molecule has 76 valence electrons. The Kier molecular flexibility index (Phi) is 2.76. The van der Waals surface area contributed by atoms with Gasteiger partial charge in [-0.05, 0) is 13.0 Å². The number of hydrogen-bond acceptors (Lipinski definition) is 3. The Bertz CT molecular complexity index is 348. The van der Waals surface area contributed by atoms with Crippen LogP contribution in [0.1, 0.15) is 12.5 Å². The Morgan fingerprint density at radius 3 is 2.50 bits per heavy atom. The van der Waals surface area contributed by atoms with Crippen LogP contribution in [0.3, 0.4) is 0 Å². The average molecular weight is 194 g/mol. The second-order valence-corrected chi connectivity index (χ2v) is 3.27. The van der Waals surface area contributed by atoms with Crippen LogP contribution < -0.4 is 16.2 Å². The van der Waals surface area contributed by atoms with Crippen molar-refractivity contribution in [1.82, 2.24) is 0 Å². The van der Waals surface area contributed by atoms with Crippen LogP contribution in [-0.2, 0) is 10.3 Å². The molecule has 4 N–H and O–H groups in total. The molecular formula is C10H14N2O2. The van der Waals surface area contributed by atoms with Crippen molar-refractivity contribution in [2.45, 2.75) is 12.5 Å². The van der Waals surface area contributed by atoms with Crippen LogP contribution in [0.15, 0.2) is 24.3 Å². The maximum absolute atomic E-state index is 11.1. The first kappa shape index (κ1) is 10.5. The summed E-state index contributed by atoms with van der Waals surface area (Å²) in [7, 11) is 1.52. The Morgan fingerprint density at radius 1 is 1.43 bits per heavy atom. The number of rotatable bonds is 3. The number of para-hydroxylation sites is 1. The fourth-order valence-electron chi connectivity index (χ4n) is 1.21. The lowest BCUT2D eigenvalue weighted by molar-refractivity contribution is -0.122. The minimum Gasteiger partial charge on any atom is -0.496 e. The molecule has 0 aliphatic heterocycles. The van der Waals surface area contributed by atoms with Crippen LogP contribution in [0.2, 0.25) is 0 Å². The van der Waals surface area contributed by atoms with E-state index in [2.05, 4.69) is 0 Å². The molecule has 0 aromatic heterocycles. The number of hydrogen-bond donors (Lipinski definition) is 2. The number of primary amides is 1. The Morgan fingerprint density at radius 2 is 2.00 bits per heavy atom. The normalized spacial score (nSPS) is 14.5. The molecule has 0 bridgehead atoms. The largest absolute Gasteiger partial charge is 0.496 e. The Balaban J connectivity index is 3.24. The van der Waals surface area contributed by atoms with Crippen LogP contribution in [0.25, 0.3) is 0 Å². The molecule has 0 heterocycles. The molecule has 1 amide bonds. The van der Waals surface area contributed by atoms with Crippen molar-refractivity contribution in [2.75, 3.05) is 7.11 Å². The molecule has 0 saturated heterocycles. The molecule has 1 unspecified atom stereocenters. The highest BCUT2D eigenvalue weighted by molar-refractivity contribution is 5.86. The van der Waals surface area contributed by atoms with Gasteiger partial charge in [-0.15, -0.1) is 0 Å². The molecule has 0 aliphatic carbocycles. The molecule has 0 radical (unpaired) electrons. The molecule has 14 heavy (non-hydrogen) atoms.